The van der Waals surface area contributed by atoms with Crippen molar-refractivity contribution in [2.45, 2.75) is 33.1 Å². The van der Waals surface area contributed by atoms with Crippen LogP contribution in [0, 0.1) is 0 Å². The summed E-state index contributed by atoms with van der Waals surface area (Å²) in [5.41, 5.74) is 1.03. The number of rotatable bonds is 6. The number of aliphatic carboxylic acids is 1. The molecule has 1 rings (SSSR count). The van der Waals surface area contributed by atoms with Crippen LogP contribution in [-0.4, -0.2) is 35.5 Å². The van der Waals surface area contributed by atoms with Crippen LogP contribution in [0.5, 0.6) is 0 Å². The summed E-state index contributed by atoms with van der Waals surface area (Å²) in [6.07, 6.45) is 1.50. The third-order valence-electron chi connectivity index (χ3n) is 2.82. The molecule has 5 heteroatoms. The summed E-state index contributed by atoms with van der Waals surface area (Å²) in [5.74, 6) is -0.0766. The minimum Gasteiger partial charge on any atom is -0.481 e. The lowest BCUT2D eigenvalue weighted by Crippen LogP contribution is -2.28. The van der Waals surface area contributed by atoms with Crippen molar-refractivity contribution in [3.8, 4) is 0 Å². The first-order valence-corrected chi connectivity index (χ1v) is 6.08. The van der Waals surface area contributed by atoms with Crippen molar-refractivity contribution < 1.29 is 19.1 Å². The Bertz CT molecular complexity index is 415. The lowest BCUT2D eigenvalue weighted by atomic mass is 10.1. The standard InChI is InChI=1S/C13H19NO4/c1-4-9-8-11(18-10(9)5-2)13(17)14(3)7-6-12(15)16/h8H,4-7H2,1-3H3,(H,15,16). The molecule has 1 aromatic heterocycles. The lowest BCUT2D eigenvalue weighted by molar-refractivity contribution is -0.137. The summed E-state index contributed by atoms with van der Waals surface area (Å²) in [6.45, 7) is 4.16. The van der Waals surface area contributed by atoms with E-state index in [1.54, 1.807) is 13.1 Å². The number of carboxylic acids is 1. The van der Waals surface area contributed by atoms with Gasteiger partial charge in [-0.3, -0.25) is 9.59 Å². The van der Waals surface area contributed by atoms with Gasteiger partial charge < -0.3 is 14.4 Å². The maximum absolute atomic E-state index is 12.0. The van der Waals surface area contributed by atoms with Gasteiger partial charge >= 0.3 is 5.97 Å². The van der Waals surface area contributed by atoms with Crippen molar-refractivity contribution in [1.29, 1.82) is 0 Å². The van der Waals surface area contributed by atoms with E-state index in [4.69, 9.17) is 9.52 Å². The Hall–Kier alpha value is -1.78. The summed E-state index contributed by atoms with van der Waals surface area (Å²) >= 11 is 0. The Morgan fingerprint density at radius 3 is 2.44 bits per heavy atom. The molecule has 18 heavy (non-hydrogen) atoms. The summed E-state index contributed by atoms with van der Waals surface area (Å²) in [5, 5.41) is 8.58. The molecule has 0 aromatic carbocycles. The van der Waals surface area contributed by atoms with Gasteiger partial charge in [-0.25, -0.2) is 0 Å². The van der Waals surface area contributed by atoms with Gasteiger partial charge in [-0.05, 0) is 18.1 Å². The second-order valence-corrected chi connectivity index (χ2v) is 4.14. The Morgan fingerprint density at radius 2 is 2.00 bits per heavy atom. The molecule has 0 atom stereocenters. The van der Waals surface area contributed by atoms with Crippen molar-refractivity contribution in [1.82, 2.24) is 4.90 Å². The van der Waals surface area contributed by atoms with E-state index in [1.807, 2.05) is 13.8 Å². The smallest absolute Gasteiger partial charge is 0.305 e. The SMILES string of the molecule is CCc1cc(C(=O)N(C)CCC(=O)O)oc1CC. The monoisotopic (exact) mass is 253 g/mol. The van der Waals surface area contributed by atoms with Crippen LogP contribution in [0.4, 0.5) is 0 Å². The predicted octanol–water partition coefficient (Wildman–Crippen LogP) is 1.95. The molecule has 0 radical (unpaired) electrons. The molecular weight excluding hydrogens is 234 g/mol. The number of carboxylic acid groups (broad SMARTS) is 1. The van der Waals surface area contributed by atoms with E-state index >= 15 is 0 Å². The number of hydrogen-bond donors (Lipinski definition) is 1. The number of furan rings is 1. The van der Waals surface area contributed by atoms with Crippen molar-refractivity contribution in [2.75, 3.05) is 13.6 Å². The molecule has 0 unspecified atom stereocenters. The maximum Gasteiger partial charge on any atom is 0.305 e. The highest BCUT2D eigenvalue weighted by Crippen LogP contribution is 2.18. The quantitative estimate of drug-likeness (QED) is 0.841. The molecule has 0 spiro atoms. The van der Waals surface area contributed by atoms with E-state index in [1.165, 1.54) is 4.90 Å². The van der Waals surface area contributed by atoms with Gasteiger partial charge in [-0.1, -0.05) is 13.8 Å². The third kappa shape index (κ3) is 3.35. The van der Waals surface area contributed by atoms with Gasteiger partial charge in [0.1, 0.15) is 5.76 Å². The van der Waals surface area contributed by atoms with Crippen molar-refractivity contribution in [2.24, 2.45) is 0 Å². The highest BCUT2D eigenvalue weighted by Gasteiger charge is 2.18. The van der Waals surface area contributed by atoms with E-state index in [2.05, 4.69) is 0 Å². The van der Waals surface area contributed by atoms with Crippen molar-refractivity contribution in [3.05, 3.63) is 23.2 Å². The van der Waals surface area contributed by atoms with Gasteiger partial charge in [0.2, 0.25) is 0 Å². The summed E-state index contributed by atoms with van der Waals surface area (Å²) in [4.78, 5) is 23.8. The Morgan fingerprint density at radius 1 is 1.33 bits per heavy atom. The zero-order valence-corrected chi connectivity index (χ0v) is 11.0. The molecule has 0 saturated heterocycles. The summed E-state index contributed by atoms with van der Waals surface area (Å²) in [6, 6.07) is 1.75. The number of carbonyl (C=O) groups is 2. The fourth-order valence-electron chi connectivity index (χ4n) is 1.72. The van der Waals surface area contributed by atoms with Crippen LogP contribution >= 0.6 is 0 Å². The summed E-state index contributed by atoms with van der Waals surface area (Å²) < 4.78 is 5.51. The molecule has 100 valence electrons. The number of hydrogen-bond acceptors (Lipinski definition) is 3. The number of nitrogens with zero attached hydrogens (tertiary/aromatic N) is 1. The Labute approximate surface area is 106 Å². The number of carbonyl (C=O) groups excluding carboxylic acids is 1. The molecule has 1 heterocycles. The van der Waals surface area contributed by atoms with Crippen LogP contribution in [0.1, 0.15) is 42.1 Å². The zero-order valence-electron chi connectivity index (χ0n) is 11.0. The molecule has 0 aliphatic rings. The van der Waals surface area contributed by atoms with E-state index in [-0.39, 0.29) is 24.6 Å². The van der Waals surface area contributed by atoms with Gasteiger partial charge in [-0.2, -0.15) is 0 Å². The third-order valence-corrected chi connectivity index (χ3v) is 2.82. The zero-order chi connectivity index (χ0) is 13.7. The van der Waals surface area contributed by atoms with Crippen LogP contribution in [0.15, 0.2) is 10.5 Å². The highest BCUT2D eigenvalue weighted by molar-refractivity contribution is 5.91. The minimum absolute atomic E-state index is 0.0653. The molecule has 1 amide bonds. The van der Waals surface area contributed by atoms with Gasteiger partial charge in [0.15, 0.2) is 5.76 Å². The number of aryl methyl sites for hydroxylation is 2. The van der Waals surface area contributed by atoms with E-state index in [9.17, 15) is 9.59 Å². The largest absolute Gasteiger partial charge is 0.481 e. The molecule has 5 nitrogen and oxygen atoms in total. The average molecular weight is 253 g/mol. The van der Waals surface area contributed by atoms with Gasteiger partial charge in [0.25, 0.3) is 5.91 Å². The van der Waals surface area contributed by atoms with E-state index in [0.717, 1.165) is 24.2 Å². The van der Waals surface area contributed by atoms with Crippen LogP contribution in [0.3, 0.4) is 0 Å². The molecule has 0 bridgehead atoms. The highest BCUT2D eigenvalue weighted by atomic mass is 16.4. The second kappa shape index (κ2) is 6.23. The fraction of sp³-hybridized carbons (Fsp3) is 0.538. The molecule has 0 saturated carbocycles. The maximum atomic E-state index is 12.0. The van der Waals surface area contributed by atoms with Gasteiger partial charge in [-0.15, -0.1) is 0 Å². The van der Waals surface area contributed by atoms with Crippen LogP contribution in [-0.2, 0) is 17.6 Å². The number of amides is 1. The second-order valence-electron chi connectivity index (χ2n) is 4.14. The molecular formula is C13H19NO4. The topological polar surface area (TPSA) is 70.8 Å². The molecule has 1 aromatic rings. The Kier molecular flexibility index (Phi) is 4.95. The molecule has 0 aliphatic carbocycles. The first-order chi connectivity index (χ1) is 8.49. The van der Waals surface area contributed by atoms with Crippen LogP contribution in [0.2, 0.25) is 0 Å². The van der Waals surface area contributed by atoms with Crippen LogP contribution < -0.4 is 0 Å². The normalized spacial score (nSPS) is 10.4. The van der Waals surface area contributed by atoms with Gasteiger partial charge in [0.05, 0.1) is 6.42 Å². The molecule has 0 fully saturated rings. The van der Waals surface area contributed by atoms with Gasteiger partial charge in [0, 0.05) is 20.0 Å². The fourth-order valence-corrected chi connectivity index (χ4v) is 1.72. The first-order valence-electron chi connectivity index (χ1n) is 6.08. The van der Waals surface area contributed by atoms with Crippen molar-refractivity contribution >= 4 is 11.9 Å². The molecule has 0 aliphatic heterocycles. The average Bonchev–Trinajstić information content (AvgIpc) is 2.77. The van der Waals surface area contributed by atoms with Crippen LogP contribution in [0.25, 0.3) is 0 Å². The molecule has 1 N–H and O–H groups in total. The Balaban J connectivity index is 2.77. The van der Waals surface area contributed by atoms with E-state index < -0.39 is 5.97 Å². The minimum atomic E-state index is -0.919. The lowest BCUT2D eigenvalue weighted by Gasteiger charge is -2.13. The van der Waals surface area contributed by atoms with E-state index in [0.29, 0.717) is 0 Å². The summed E-state index contributed by atoms with van der Waals surface area (Å²) in [7, 11) is 1.57. The van der Waals surface area contributed by atoms with Crippen molar-refractivity contribution in [3.63, 3.8) is 0 Å². The first kappa shape index (κ1) is 14.3. The predicted molar refractivity (Wildman–Crippen MR) is 66.7 cm³/mol.